The Morgan fingerprint density at radius 1 is 1.16 bits per heavy atom. The van der Waals surface area contributed by atoms with E-state index in [1.165, 1.54) is 16.7 Å². The molecule has 0 fully saturated rings. The smallest absolute Gasteiger partial charge is 0.193 e. The van der Waals surface area contributed by atoms with Gasteiger partial charge in [0.25, 0.3) is 0 Å². The molecule has 136 valence electrons. The molecule has 1 aromatic heterocycles. The van der Waals surface area contributed by atoms with Gasteiger partial charge in [-0.25, -0.2) is 0 Å². The number of pyridine rings is 1. The monoisotopic (exact) mass is 452 g/mol. The van der Waals surface area contributed by atoms with Crippen molar-refractivity contribution in [3.8, 4) is 0 Å². The summed E-state index contributed by atoms with van der Waals surface area (Å²) in [5.74, 6) is 0.945. The van der Waals surface area contributed by atoms with E-state index in [2.05, 4.69) is 72.5 Å². The maximum Gasteiger partial charge on any atom is 0.193 e. The molecule has 0 aliphatic carbocycles. The Labute approximate surface area is 168 Å². The van der Waals surface area contributed by atoms with Crippen molar-refractivity contribution in [1.29, 1.82) is 0 Å². The maximum atomic E-state index is 4.76. The second-order valence-electron chi connectivity index (χ2n) is 6.08. The largest absolute Gasteiger partial charge is 0.357 e. The highest BCUT2D eigenvalue weighted by atomic mass is 127. The highest BCUT2D eigenvalue weighted by Gasteiger charge is 2.07. The number of benzene rings is 1. The van der Waals surface area contributed by atoms with Gasteiger partial charge in [0.05, 0.1) is 0 Å². The first-order valence-corrected chi connectivity index (χ1v) is 8.55. The third-order valence-electron chi connectivity index (χ3n) is 4.00. The summed E-state index contributed by atoms with van der Waals surface area (Å²) in [6.45, 7) is 8.73. The van der Waals surface area contributed by atoms with Crippen LogP contribution in [0.5, 0.6) is 0 Å². The molecule has 1 aromatic carbocycles. The summed E-state index contributed by atoms with van der Waals surface area (Å²) in [6.07, 6.45) is 2.84. The Morgan fingerprint density at radius 3 is 2.56 bits per heavy atom. The molecule has 2 rings (SSSR count). The van der Waals surface area contributed by atoms with Crippen LogP contribution < -0.4 is 5.32 Å². The van der Waals surface area contributed by atoms with Crippen LogP contribution in [0.1, 0.15) is 29.3 Å². The normalized spacial score (nSPS) is 11.0. The number of halogens is 1. The number of nitrogens with one attached hydrogen (secondary N) is 1. The maximum absolute atomic E-state index is 4.76. The summed E-state index contributed by atoms with van der Waals surface area (Å²) >= 11 is 0. The zero-order chi connectivity index (χ0) is 17.4. The Kier molecular flexibility index (Phi) is 9.49. The molecule has 1 heterocycles. The van der Waals surface area contributed by atoms with Crippen LogP contribution in [0.2, 0.25) is 0 Å². The SMILES string of the molecule is CCNC(=NCCc1ccc(C)nc1)N(C)Cc1ccccc1C.I. The zero-order valence-corrected chi connectivity index (χ0v) is 18.0. The predicted molar refractivity (Wildman–Crippen MR) is 117 cm³/mol. The number of nitrogens with zero attached hydrogens (tertiary/aromatic N) is 3. The highest BCUT2D eigenvalue weighted by Crippen LogP contribution is 2.09. The number of aryl methyl sites for hydroxylation is 2. The lowest BCUT2D eigenvalue weighted by Crippen LogP contribution is -2.38. The second-order valence-corrected chi connectivity index (χ2v) is 6.08. The molecule has 0 radical (unpaired) electrons. The quantitative estimate of drug-likeness (QED) is 0.410. The van der Waals surface area contributed by atoms with Gasteiger partial charge in [-0.1, -0.05) is 30.3 Å². The van der Waals surface area contributed by atoms with E-state index in [-0.39, 0.29) is 24.0 Å². The van der Waals surface area contributed by atoms with Gasteiger partial charge < -0.3 is 10.2 Å². The van der Waals surface area contributed by atoms with E-state index in [0.29, 0.717) is 0 Å². The third-order valence-corrected chi connectivity index (χ3v) is 4.00. The van der Waals surface area contributed by atoms with Crippen molar-refractivity contribution in [3.63, 3.8) is 0 Å². The average Bonchev–Trinajstić information content (AvgIpc) is 2.58. The second kappa shape index (κ2) is 11.1. The van der Waals surface area contributed by atoms with Crippen molar-refractivity contribution in [2.75, 3.05) is 20.1 Å². The Morgan fingerprint density at radius 2 is 1.92 bits per heavy atom. The van der Waals surface area contributed by atoms with Crippen molar-refractivity contribution >= 4 is 29.9 Å². The van der Waals surface area contributed by atoms with Crippen molar-refractivity contribution in [3.05, 3.63) is 65.0 Å². The van der Waals surface area contributed by atoms with Gasteiger partial charge in [0.2, 0.25) is 0 Å². The van der Waals surface area contributed by atoms with E-state index in [9.17, 15) is 0 Å². The molecular formula is C20H29IN4. The molecule has 25 heavy (non-hydrogen) atoms. The van der Waals surface area contributed by atoms with Crippen LogP contribution in [0.25, 0.3) is 0 Å². The van der Waals surface area contributed by atoms with Crippen LogP contribution in [0.15, 0.2) is 47.6 Å². The minimum atomic E-state index is 0. The van der Waals surface area contributed by atoms with E-state index >= 15 is 0 Å². The number of guanidine groups is 1. The van der Waals surface area contributed by atoms with Gasteiger partial charge in [0.15, 0.2) is 5.96 Å². The third kappa shape index (κ3) is 7.02. The molecule has 0 bridgehead atoms. The van der Waals surface area contributed by atoms with Crippen LogP contribution in [-0.4, -0.2) is 36.0 Å². The van der Waals surface area contributed by atoms with Crippen LogP contribution in [0.4, 0.5) is 0 Å². The van der Waals surface area contributed by atoms with Crippen molar-refractivity contribution < 1.29 is 0 Å². The molecule has 0 atom stereocenters. The Bertz CT molecular complexity index is 668. The standard InChI is InChI=1S/C20H28N4.HI/c1-5-21-20(22-13-12-18-11-10-17(3)23-14-18)24(4)15-19-9-7-6-8-16(19)2;/h6-11,14H,5,12-13,15H2,1-4H3,(H,21,22);1H. The fourth-order valence-electron chi connectivity index (χ4n) is 2.52. The molecule has 2 aromatic rings. The Hall–Kier alpha value is -1.63. The minimum absolute atomic E-state index is 0. The fraction of sp³-hybridized carbons (Fsp3) is 0.400. The summed E-state index contributed by atoms with van der Waals surface area (Å²) < 4.78 is 0. The number of rotatable bonds is 6. The molecule has 1 N–H and O–H groups in total. The van der Waals surface area contributed by atoms with Crippen LogP contribution in [0, 0.1) is 13.8 Å². The topological polar surface area (TPSA) is 40.5 Å². The van der Waals surface area contributed by atoms with Crippen LogP contribution in [-0.2, 0) is 13.0 Å². The van der Waals surface area contributed by atoms with E-state index < -0.39 is 0 Å². The lowest BCUT2D eigenvalue weighted by Gasteiger charge is -2.23. The number of hydrogen-bond donors (Lipinski definition) is 1. The molecule has 0 aliphatic rings. The molecule has 0 spiro atoms. The number of aliphatic imine (C=N–C) groups is 1. The zero-order valence-electron chi connectivity index (χ0n) is 15.6. The first-order chi connectivity index (χ1) is 11.6. The molecular weight excluding hydrogens is 423 g/mol. The van der Waals surface area contributed by atoms with Gasteiger partial charge in [0, 0.05) is 38.6 Å². The number of aromatic nitrogens is 1. The van der Waals surface area contributed by atoms with Gasteiger partial charge in [-0.05, 0) is 49.9 Å². The summed E-state index contributed by atoms with van der Waals surface area (Å²) in [4.78, 5) is 11.3. The van der Waals surface area contributed by atoms with Gasteiger partial charge in [-0.3, -0.25) is 9.98 Å². The lowest BCUT2D eigenvalue weighted by atomic mass is 10.1. The summed E-state index contributed by atoms with van der Waals surface area (Å²) in [7, 11) is 2.08. The van der Waals surface area contributed by atoms with Gasteiger partial charge in [0.1, 0.15) is 0 Å². The van der Waals surface area contributed by atoms with E-state index in [1.54, 1.807) is 0 Å². The Balaban J connectivity index is 0.00000312. The highest BCUT2D eigenvalue weighted by molar-refractivity contribution is 14.0. The van der Waals surface area contributed by atoms with Crippen molar-refractivity contribution in [1.82, 2.24) is 15.2 Å². The van der Waals surface area contributed by atoms with Gasteiger partial charge in [-0.2, -0.15) is 0 Å². The minimum Gasteiger partial charge on any atom is -0.357 e. The van der Waals surface area contributed by atoms with Crippen molar-refractivity contribution in [2.24, 2.45) is 4.99 Å². The first kappa shape index (κ1) is 21.4. The summed E-state index contributed by atoms with van der Waals surface area (Å²) in [5, 5.41) is 3.38. The van der Waals surface area contributed by atoms with E-state index in [0.717, 1.165) is 37.7 Å². The van der Waals surface area contributed by atoms with Gasteiger partial charge >= 0.3 is 0 Å². The van der Waals surface area contributed by atoms with Crippen molar-refractivity contribution in [2.45, 2.75) is 33.7 Å². The molecule has 0 amide bonds. The van der Waals surface area contributed by atoms with Crippen LogP contribution in [0.3, 0.4) is 0 Å². The van der Waals surface area contributed by atoms with E-state index in [4.69, 9.17) is 4.99 Å². The lowest BCUT2D eigenvalue weighted by molar-refractivity contribution is 0.476. The molecule has 0 saturated heterocycles. The predicted octanol–water partition coefficient (Wildman–Crippen LogP) is 3.96. The van der Waals surface area contributed by atoms with E-state index in [1.807, 2.05) is 13.1 Å². The molecule has 5 heteroatoms. The molecule has 4 nitrogen and oxygen atoms in total. The molecule has 0 unspecified atom stereocenters. The molecule has 0 saturated carbocycles. The summed E-state index contributed by atoms with van der Waals surface area (Å²) in [5.41, 5.74) is 4.91. The van der Waals surface area contributed by atoms with Gasteiger partial charge in [-0.15, -0.1) is 24.0 Å². The fourth-order valence-corrected chi connectivity index (χ4v) is 2.52. The summed E-state index contributed by atoms with van der Waals surface area (Å²) in [6, 6.07) is 12.7. The number of hydrogen-bond acceptors (Lipinski definition) is 2. The molecule has 0 aliphatic heterocycles. The first-order valence-electron chi connectivity index (χ1n) is 8.55. The average molecular weight is 452 g/mol. The van der Waals surface area contributed by atoms with Crippen LogP contribution >= 0.6 is 24.0 Å².